The molecule has 2 heterocycles. The summed E-state index contributed by atoms with van der Waals surface area (Å²) >= 11 is 4.40. The number of para-hydroxylation sites is 2. The number of likely N-dealkylation sites (tertiary alicyclic amines) is 1. The zero-order valence-corrected chi connectivity index (χ0v) is 22.2. The molecule has 0 bridgehead atoms. The van der Waals surface area contributed by atoms with Gasteiger partial charge in [0.1, 0.15) is 0 Å². The van der Waals surface area contributed by atoms with E-state index in [4.69, 9.17) is 4.74 Å². The van der Waals surface area contributed by atoms with E-state index in [0.717, 1.165) is 16.2 Å². The molecule has 1 aliphatic rings. The Bertz CT molecular complexity index is 1320. The second-order valence-corrected chi connectivity index (χ2v) is 11.6. The van der Waals surface area contributed by atoms with Crippen LogP contribution in [0, 0.1) is 0 Å². The maximum Gasteiger partial charge on any atom is 0.409 e. The lowest BCUT2D eigenvalue weighted by Crippen LogP contribution is -2.47. The van der Waals surface area contributed by atoms with Gasteiger partial charge in [-0.15, -0.1) is 0 Å². The third-order valence-corrected chi connectivity index (χ3v) is 8.86. The van der Waals surface area contributed by atoms with Gasteiger partial charge in [-0.2, -0.15) is 0 Å². The van der Waals surface area contributed by atoms with Crippen LogP contribution in [0.3, 0.4) is 0 Å². The fourth-order valence-electron chi connectivity index (χ4n) is 3.84. The highest BCUT2D eigenvalue weighted by Crippen LogP contribution is 2.29. The van der Waals surface area contributed by atoms with Crippen LogP contribution in [0.4, 0.5) is 4.79 Å². The molecule has 186 valence electrons. The SMILES string of the molecule is CCOC(=O)N1CCC(NC(=O)CSc2nc3ccccc3n2S(=O)(=O)c2ccc(Br)cc2)CC1. The number of hydrogen-bond donors (Lipinski definition) is 1. The summed E-state index contributed by atoms with van der Waals surface area (Å²) in [5.41, 5.74) is 0.979. The summed E-state index contributed by atoms with van der Waals surface area (Å²) in [4.78, 5) is 30.8. The van der Waals surface area contributed by atoms with Crippen LogP contribution >= 0.6 is 27.7 Å². The van der Waals surface area contributed by atoms with E-state index in [2.05, 4.69) is 26.2 Å². The van der Waals surface area contributed by atoms with Gasteiger partial charge in [0.25, 0.3) is 10.0 Å². The second-order valence-electron chi connectivity index (χ2n) is 7.92. The van der Waals surface area contributed by atoms with Crippen molar-refractivity contribution < 1.29 is 22.7 Å². The molecule has 2 amide bonds. The van der Waals surface area contributed by atoms with Gasteiger partial charge in [-0.25, -0.2) is 22.2 Å². The molecular weight excluding hydrogens is 556 g/mol. The van der Waals surface area contributed by atoms with Crippen molar-refractivity contribution in [2.24, 2.45) is 0 Å². The van der Waals surface area contributed by atoms with Gasteiger partial charge >= 0.3 is 6.09 Å². The Morgan fingerprint density at radius 3 is 2.51 bits per heavy atom. The standard InChI is InChI=1S/C23H25BrN4O5S2/c1-2-33-23(30)27-13-11-17(12-14-27)25-21(29)15-34-22-26-19-5-3-4-6-20(19)28(22)35(31,32)18-9-7-16(24)8-10-18/h3-10,17H,2,11-15H2,1H3,(H,25,29). The molecule has 0 atom stereocenters. The van der Waals surface area contributed by atoms with Gasteiger partial charge in [0.05, 0.1) is 28.3 Å². The lowest BCUT2D eigenvalue weighted by molar-refractivity contribution is -0.119. The first-order chi connectivity index (χ1) is 16.8. The molecule has 1 aromatic heterocycles. The minimum atomic E-state index is -3.93. The number of fused-ring (bicyclic) bond motifs is 1. The Morgan fingerprint density at radius 2 is 1.83 bits per heavy atom. The van der Waals surface area contributed by atoms with Crippen LogP contribution in [-0.4, -0.2) is 65.8 Å². The molecule has 1 saturated heterocycles. The monoisotopic (exact) mass is 580 g/mol. The Balaban J connectivity index is 1.46. The van der Waals surface area contributed by atoms with Gasteiger partial charge in [0.2, 0.25) is 5.91 Å². The van der Waals surface area contributed by atoms with Crippen LogP contribution in [0.5, 0.6) is 0 Å². The number of thioether (sulfide) groups is 1. The number of nitrogens with one attached hydrogen (secondary N) is 1. The minimum Gasteiger partial charge on any atom is -0.450 e. The third kappa shape index (κ3) is 5.81. The summed E-state index contributed by atoms with van der Waals surface area (Å²) in [7, 11) is -3.93. The molecule has 0 spiro atoms. The average molecular weight is 582 g/mol. The molecule has 1 fully saturated rings. The quantitative estimate of drug-likeness (QED) is 0.422. The van der Waals surface area contributed by atoms with Crippen molar-refractivity contribution >= 4 is 60.7 Å². The maximum atomic E-state index is 13.5. The number of carbonyl (C=O) groups excluding carboxylic acids is 2. The number of hydrogen-bond acceptors (Lipinski definition) is 7. The highest BCUT2D eigenvalue weighted by atomic mass is 79.9. The van der Waals surface area contributed by atoms with Gasteiger partial charge in [-0.1, -0.05) is 39.8 Å². The van der Waals surface area contributed by atoms with Crippen LogP contribution in [-0.2, 0) is 19.6 Å². The molecule has 1 aliphatic heterocycles. The van der Waals surface area contributed by atoms with Crippen LogP contribution in [0.2, 0.25) is 0 Å². The largest absolute Gasteiger partial charge is 0.450 e. The molecule has 0 radical (unpaired) electrons. The van der Waals surface area contributed by atoms with Gasteiger partial charge < -0.3 is 15.0 Å². The van der Waals surface area contributed by atoms with E-state index in [9.17, 15) is 18.0 Å². The van der Waals surface area contributed by atoms with E-state index in [1.165, 1.54) is 16.1 Å². The lowest BCUT2D eigenvalue weighted by atomic mass is 10.1. The zero-order chi connectivity index (χ0) is 25.0. The van der Waals surface area contributed by atoms with Gasteiger partial charge in [-0.05, 0) is 56.2 Å². The maximum absolute atomic E-state index is 13.5. The molecule has 4 rings (SSSR count). The first-order valence-corrected chi connectivity index (χ1v) is 14.3. The van der Waals surface area contributed by atoms with E-state index < -0.39 is 10.0 Å². The van der Waals surface area contributed by atoms with E-state index in [-0.39, 0.29) is 33.8 Å². The Morgan fingerprint density at radius 1 is 1.14 bits per heavy atom. The molecule has 3 aromatic rings. The van der Waals surface area contributed by atoms with Crippen LogP contribution in [0.15, 0.2) is 63.1 Å². The number of aromatic nitrogens is 2. The van der Waals surface area contributed by atoms with Gasteiger partial charge in [-0.3, -0.25) is 4.79 Å². The molecule has 0 saturated carbocycles. The van der Waals surface area contributed by atoms with Crippen LogP contribution < -0.4 is 5.32 Å². The second kappa shape index (κ2) is 11.0. The van der Waals surface area contributed by atoms with E-state index >= 15 is 0 Å². The van der Waals surface area contributed by atoms with Crippen molar-refractivity contribution in [1.29, 1.82) is 0 Å². The van der Waals surface area contributed by atoms with Crippen molar-refractivity contribution in [1.82, 2.24) is 19.2 Å². The summed E-state index contributed by atoms with van der Waals surface area (Å²) in [6.45, 7) is 3.12. The number of ether oxygens (including phenoxy) is 1. The number of nitrogens with zero attached hydrogens (tertiary/aromatic N) is 3. The molecule has 9 nitrogen and oxygen atoms in total. The molecule has 0 aliphatic carbocycles. The predicted octanol–water partition coefficient (Wildman–Crippen LogP) is 3.87. The van der Waals surface area contributed by atoms with Crippen molar-refractivity contribution in [2.75, 3.05) is 25.4 Å². The molecule has 2 aromatic carbocycles. The highest BCUT2D eigenvalue weighted by molar-refractivity contribution is 9.10. The Kier molecular flexibility index (Phi) is 8.02. The number of carbonyl (C=O) groups is 2. The first-order valence-electron chi connectivity index (χ1n) is 11.1. The molecular formula is C23H25BrN4O5S2. The summed E-state index contributed by atoms with van der Waals surface area (Å²) in [6, 6.07) is 13.3. The fraction of sp³-hybridized carbons (Fsp3) is 0.348. The molecule has 1 N–H and O–H groups in total. The fourth-order valence-corrected chi connectivity index (χ4v) is 6.63. The normalized spacial score (nSPS) is 14.7. The van der Waals surface area contributed by atoms with Crippen molar-refractivity contribution in [2.45, 2.75) is 35.9 Å². The summed E-state index contributed by atoms with van der Waals surface area (Å²) in [5, 5.41) is 3.20. The molecule has 0 unspecified atom stereocenters. The van der Waals surface area contributed by atoms with Gasteiger partial charge in [0.15, 0.2) is 5.16 Å². The Hall–Kier alpha value is -2.57. The zero-order valence-electron chi connectivity index (χ0n) is 19.0. The summed E-state index contributed by atoms with van der Waals surface area (Å²) in [5.74, 6) is -0.207. The smallest absolute Gasteiger partial charge is 0.409 e. The number of amides is 2. The molecule has 12 heteroatoms. The van der Waals surface area contributed by atoms with E-state index in [0.29, 0.717) is 43.6 Å². The topological polar surface area (TPSA) is 111 Å². The van der Waals surface area contributed by atoms with Crippen molar-refractivity contribution in [3.63, 3.8) is 0 Å². The number of benzene rings is 2. The number of imidazole rings is 1. The molecule has 35 heavy (non-hydrogen) atoms. The first kappa shape index (κ1) is 25.5. The van der Waals surface area contributed by atoms with Crippen molar-refractivity contribution in [3.05, 3.63) is 53.0 Å². The number of rotatable bonds is 7. The van der Waals surface area contributed by atoms with Crippen LogP contribution in [0.1, 0.15) is 19.8 Å². The minimum absolute atomic E-state index is 0.0112. The van der Waals surface area contributed by atoms with Crippen LogP contribution in [0.25, 0.3) is 11.0 Å². The summed E-state index contributed by atoms with van der Waals surface area (Å²) < 4.78 is 34.0. The average Bonchev–Trinajstić information content (AvgIpc) is 3.23. The number of halogens is 1. The lowest BCUT2D eigenvalue weighted by Gasteiger charge is -2.31. The van der Waals surface area contributed by atoms with E-state index in [1.54, 1.807) is 48.2 Å². The highest BCUT2D eigenvalue weighted by Gasteiger charge is 2.27. The number of piperidine rings is 1. The van der Waals surface area contributed by atoms with Gasteiger partial charge in [0, 0.05) is 23.6 Å². The van der Waals surface area contributed by atoms with Crippen molar-refractivity contribution in [3.8, 4) is 0 Å². The van der Waals surface area contributed by atoms with E-state index in [1.807, 2.05) is 0 Å². The summed E-state index contributed by atoms with van der Waals surface area (Å²) in [6.07, 6.45) is 0.927. The Labute approximate surface area is 216 Å². The third-order valence-electron chi connectivity index (χ3n) is 5.56. The predicted molar refractivity (Wildman–Crippen MR) is 137 cm³/mol.